The molecular formula is C30H34FN5O4. The minimum atomic E-state index is -0.489. The lowest BCUT2D eigenvalue weighted by molar-refractivity contribution is 0.0996. The molecule has 210 valence electrons. The third kappa shape index (κ3) is 6.52. The summed E-state index contributed by atoms with van der Waals surface area (Å²) in [6, 6.07) is 16.9. The van der Waals surface area contributed by atoms with E-state index < -0.39 is 11.7 Å². The Kier molecular flexibility index (Phi) is 8.47. The maximum Gasteiger partial charge on any atom is 0.255 e. The maximum absolute atomic E-state index is 14.4. The van der Waals surface area contributed by atoms with Crippen molar-refractivity contribution < 1.29 is 23.5 Å². The lowest BCUT2D eigenvalue weighted by atomic mass is 10.0. The minimum Gasteiger partial charge on any atom is -0.490 e. The van der Waals surface area contributed by atoms with Crippen LogP contribution in [0.5, 0.6) is 5.75 Å². The van der Waals surface area contributed by atoms with Crippen LogP contribution in [0.4, 0.5) is 21.5 Å². The summed E-state index contributed by atoms with van der Waals surface area (Å²) in [6.45, 7) is 4.26. The first-order chi connectivity index (χ1) is 19.4. The molecule has 0 atom stereocenters. The Morgan fingerprint density at radius 3 is 2.45 bits per heavy atom. The predicted octanol–water partition coefficient (Wildman–Crippen LogP) is 3.52. The molecule has 2 saturated heterocycles. The van der Waals surface area contributed by atoms with Gasteiger partial charge in [0, 0.05) is 73.8 Å². The van der Waals surface area contributed by atoms with Gasteiger partial charge in [-0.3, -0.25) is 9.59 Å². The molecule has 0 aliphatic carbocycles. The van der Waals surface area contributed by atoms with Crippen molar-refractivity contribution >= 4 is 28.9 Å². The molecule has 0 aromatic heterocycles. The van der Waals surface area contributed by atoms with Gasteiger partial charge in [0.2, 0.25) is 5.91 Å². The van der Waals surface area contributed by atoms with Gasteiger partial charge in [-0.25, -0.2) is 4.39 Å². The number of rotatable bonds is 8. The highest BCUT2D eigenvalue weighted by molar-refractivity contribution is 6.05. The normalized spacial score (nSPS) is 16.1. The Labute approximate surface area is 232 Å². The summed E-state index contributed by atoms with van der Waals surface area (Å²) in [5.41, 5.74) is 15.3. The lowest BCUT2D eigenvalue weighted by Crippen LogP contribution is -2.39. The van der Waals surface area contributed by atoms with Crippen LogP contribution in [-0.2, 0) is 11.3 Å². The number of carbonyl (C=O) groups is 2. The quantitative estimate of drug-likeness (QED) is 0.394. The molecule has 0 bridgehead atoms. The summed E-state index contributed by atoms with van der Waals surface area (Å²) in [5, 5.41) is 2.92. The van der Waals surface area contributed by atoms with E-state index in [0.29, 0.717) is 55.5 Å². The standard InChI is InChI=1S/C30H34FN5O4/c31-23-14-22(15-25(17-23)35-10-12-39-13-11-35)30(38)34-24-5-4-21(19-32)28(18-24)36-8-6-26(7-9-36)40-27-3-1-2-20(16-27)29(33)37/h1-5,14-18,26H,6-13,19,32H2,(H2,33,37)(H,34,38). The van der Waals surface area contributed by atoms with Gasteiger partial charge in [0.15, 0.2) is 0 Å². The molecular weight excluding hydrogens is 513 g/mol. The van der Waals surface area contributed by atoms with Crippen molar-refractivity contribution in [2.75, 3.05) is 54.5 Å². The molecule has 0 saturated carbocycles. The van der Waals surface area contributed by atoms with E-state index >= 15 is 0 Å². The Morgan fingerprint density at radius 2 is 1.73 bits per heavy atom. The zero-order valence-corrected chi connectivity index (χ0v) is 22.3. The van der Waals surface area contributed by atoms with Crippen LogP contribution in [0.2, 0.25) is 0 Å². The van der Waals surface area contributed by atoms with E-state index in [4.69, 9.17) is 20.9 Å². The number of morpholine rings is 1. The molecule has 2 amide bonds. The van der Waals surface area contributed by atoms with Crippen LogP contribution in [0.3, 0.4) is 0 Å². The molecule has 40 heavy (non-hydrogen) atoms. The largest absolute Gasteiger partial charge is 0.490 e. The second-order valence-electron chi connectivity index (χ2n) is 10.00. The molecule has 2 aliphatic rings. The average molecular weight is 548 g/mol. The monoisotopic (exact) mass is 547 g/mol. The fourth-order valence-corrected chi connectivity index (χ4v) is 5.15. The van der Waals surface area contributed by atoms with Crippen LogP contribution in [0.25, 0.3) is 0 Å². The van der Waals surface area contributed by atoms with Crippen molar-refractivity contribution in [3.05, 3.63) is 83.2 Å². The second-order valence-corrected chi connectivity index (χ2v) is 10.00. The number of primary amides is 1. The van der Waals surface area contributed by atoms with Crippen molar-refractivity contribution in [3.63, 3.8) is 0 Å². The lowest BCUT2D eigenvalue weighted by Gasteiger charge is -2.35. The number of nitrogens with two attached hydrogens (primary N) is 2. The van der Waals surface area contributed by atoms with Gasteiger partial charge < -0.3 is 36.1 Å². The van der Waals surface area contributed by atoms with Gasteiger partial charge in [0.25, 0.3) is 5.91 Å². The summed E-state index contributed by atoms with van der Waals surface area (Å²) >= 11 is 0. The smallest absolute Gasteiger partial charge is 0.255 e. The van der Waals surface area contributed by atoms with Gasteiger partial charge >= 0.3 is 0 Å². The highest BCUT2D eigenvalue weighted by Crippen LogP contribution is 2.30. The molecule has 3 aromatic rings. The van der Waals surface area contributed by atoms with E-state index in [9.17, 15) is 14.0 Å². The average Bonchev–Trinajstić information content (AvgIpc) is 2.98. The molecule has 0 unspecified atom stereocenters. The first kappa shape index (κ1) is 27.4. The molecule has 3 aromatic carbocycles. The van der Waals surface area contributed by atoms with Crippen LogP contribution in [0.1, 0.15) is 39.1 Å². The van der Waals surface area contributed by atoms with E-state index in [1.165, 1.54) is 12.1 Å². The van der Waals surface area contributed by atoms with E-state index in [1.807, 2.05) is 29.2 Å². The molecule has 2 aliphatic heterocycles. The molecule has 0 spiro atoms. The summed E-state index contributed by atoms with van der Waals surface area (Å²) in [6.07, 6.45) is 1.54. The maximum atomic E-state index is 14.4. The number of ether oxygens (including phenoxy) is 2. The van der Waals surface area contributed by atoms with Gasteiger partial charge in [0.05, 0.1) is 13.2 Å². The Hall–Kier alpha value is -4.15. The summed E-state index contributed by atoms with van der Waals surface area (Å²) in [7, 11) is 0. The van der Waals surface area contributed by atoms with Gasteiger partial charge in [0.1, 0.15) is 17.7 Å². The van der Waals surface area contributed by atoms with Crippen molar-refractivity contribution in [2.45, 2.75) is 25.5 Å². The zero-order chi connectivity index (χ0) is 28.1. The molecule has 0 radical (unpaired) electrons. The van der Waals surface area contributed by atoms with Crippen LogP contribution >= 0.6 is 0 Å². The first-order valence-electron chi connectivity index (χ1n) is 13.5. The van der Waals surface area contributed by atoms with E-state index in [0.717, 1.165) is 37.2 Å². The summed E-state index contributed by atoms with van der Waals surface area (Å²) in [5.74, 6) is -0.710. The SMILES string of the molecule is NCc1ccc(NC(=O)c2cc(F)cc(N3CCOCC3)c2)cc1N1CCC(Oc2cccc(C(N)=O)c2)CC1. The third-order valence-corrected chi connectivity index (χ3v) is 7.29. The topological polar surface area (TPSA) is 123 Å². The van der Waals surface area contributed by atoms with Crippen molar-refractivity contribution in [3.8, 4) is 5.75 Å². The van der Waals surface area contributed by atoms with Crippen molar-refractivity contribution in [1.29, 1.82) is 0 Å². The molecule has 2 fully saturated rings. The fourth-order valence-electron chi connectivity index (χ4n) is 5.15. The fraction of sp³-hybridized carbons (Fsp3) is 0.333. The van der Waals surface area contributed by atoms with Gasteiger partial charge in [-0.2, -0.15) is 0 Å². The number of nitrogens with zero attached hydrogens (tertiary/aromatic N) is 2. The second kappa shape index (κ2) is 12.4. The van der Waals surface area contributed by atoms with Crippen molar-refractivity contribution in [1.82, 2.24) is 0 Å². The first-order valence-corrected chi connectivity index (χ1v) is 13.5. The van der Waals surface area contributed by atoms with Crippen LogP contribution < -0.4 is 31.3 Å². The van der Waals surface area contributed by atoms with E-state index in [2.05, 4.69) is 10.2 Å². The van der Waals surface area contributed by atoms with E-state index in [1.54, 1.807) is 24.3 Å². The number of hydrogen-bond acceptors (Lipinski definition) is 7. The summed E-state index contributed by atoms with van der Waals surface area (Å²) in [4.78, 5) is 28.8. The van der Waals surface area contributed by atoms with Crippen LogP contribution in [-0.4, -0.2) is 57.3 Å². The number of piperidine rings is 1. The molecule has 5 rings (SSSR count). The number of amides is 2. The minimum absolute atomic E-state index is 0.00257. The van der Waals surface area contributed by atoms with Crippen LogP contribution in [0, 0.1) is 5.82 Å². The molecule has 10 heteroatoms. The Bertz CT molecular complexity index is 1370. The predicted molar refractivity (Wildman–Crippen MR) is 153 cm³/mol. The highest BCUT2D eigenvalue weighted by Gasteiger charge is 2.23. The number of carbonyl (C=O) groups excluding carboxylic acids is 2. The molecule has 2 heterocycles. The Balaban J connectivity index is 1.25. The third-order valence-electron chi connectivity index (χ3n) is 7.29. The van der Waals surface area contributed by atoms with Crippen LogP contribution in [0.15, 0.2) is 60.7 Å². The number of anilines is 3. The Morgan fingerprint density at radius 1 is 0.950 bits per heavy atom. The highest BCUT2D eigenvalue weighted by atomic mass is 19.1. The number of nitrogens with one attached hydrogen (secondary N) is 1. The van der Waals surface area contributed by atoms with E-state index in [-0.39, 0.29) is 17.6 Å². The van der Waals surface area contributed by atoms with Gasteiger partial charge in [-0.05, 0) is 54.1 Å². The number of halogens is 1. The number of benzene rings is 3. The summed E-state index contributed by atoms with van der Waals surface area (Å²) < 4.78 is 25.9. The number of hydrogen-bond donors (Lipinski definition) is 3. The van der Waals surface area contributed by atoms with Crippen molar-refractivity contribution in [2.24, 2.45) is 11.5 Å². The zero-order valence-electron chi connectivity index (χ0n) is 22.3. The molecule has 5 N–H and O–H groups in total. The van der Waals surface area contributed by atoms with Gasteiger partial charge in [-0.15, -0.1) is 0 Å². The molecule has 9 nitrogen and oxygen atoms in total. The van der Waals surface area contributed by atoms with Gasteiger partial charge in [-0.1, -0.05) is 12.1 Å².